The quantitative estimate of drug-likeness (QED) is 0.425. The highest BCUT2D eigenvalue weighted by Gasteiger charge is 2.40. The maximum absolute atomic E-state index is 12.8. The fourth-order valence-corrected chi connectivity index (χ4v) is 3.31. The summed E-state index contributed by atoms with van der Waals surface area (Å²) in [6, 6.07) is 0. The van der Waals surface area contributed by atoms with E-state index in [9.17, 15) is 24.0 Å². The third kappa shape index (κ3) is 12.5. The first-order valence-electron chi connectivity index (χ1n) is 10.8. The number of rotatable bonds is 4. The summed E-state index contributed by atoms with van der Waals surface area (Å²) in [5, 5.41) is 5.05. The number of esters is 1. The van der Waals surface area contributed by atoms with Crippen molar-refractivity contribution in [3.63, 3.8) is 0 Å². The number of thioether (sulfide) groups is 1. The van der Waals surface area contributed by atoms with Crippen molar-refractivity contribution in [3.05, 3.63) is 0 Å². The van der Waals surface area contributed by atoms with Gasteiger partial charge in [0, 0.05) is 37.1 Å². The van der Waals surface area contributed by atoms with E-state index in [4.69, 9.17) is 14.2 Å². The van der Waals surface area contributed by atoms with Crippen LogP contribution in [-0.4, -0.2) is 99.4 Å². The lowest BCUT2D eigenvalue weighted by molar-refractivity contribution is -0.870. The summed E-state index contributed by atoms with van der Waals surface area (Å²) >= 11 is 1.03. The minimum absolute atomic E-state index is 0.00307. The van der Waals surface area contributed by atoms with E-state index in [0.717, 1.165) is 11.8 Å². The van der Waals surface area contributed by atoms with E-state index in [-0.39, 0.29) is 56.6 Å². The van der Waals surface area contributed by atoms with Crippen molar-refractivity contribution >= 4 is 40.8 Å². The summed E-state index contributed by atoms with van der Waals surface area (Å²) in [4.78, 5) is 60.9. The molecule has 2 N–H and O–H groups in total. The first kappa shape index (κ1) is 28.7. The molecule has 0 saturated carbocycles. The SMILES string of the molecule is CC1(C)COC(=O)CCC(=O)SCCNC(=O)CCNC(=O)[C@@H]1OC(=O)OCC[N+](C)(C)C. The van der Waals surface area contributed by atoms with Gasteiger partial charge in [0.15, 0.2) is 11.2 Å². The molecule has 2 amide bonds. The summed E-state index contributed by atoms with van der Waals surface area (Å²) in [5.41, 5.74) is -1.10. The number of carbonyl (C=O) groups excluding carboxylic acids is 5. The van der Waals surface area contributed by atoms with Crippen molar-refractivity contribution in [2.45, 2.75) is 39.2 Å². The van der Waals surface area contributed by atoms with E-state index < -0.39 is 29.6 Å². The van der Waals surface area contributed by atoms with E-state index in [1.54, 1.807) is 13.8 Å². The van der Waals surface area contributed by atoms with Crippen LogP contribution >= 0.6 is 11.8 Å². The van der Waals surface area contributed by atoms with E-state index >= 15 is 0 Å². The highest BCUT2D eigenvalue weighted by molar-refractivity contribution is 8.13. The van der Waals surface area contributed by atoms with Gasteiger partial charge in [-0.3, -0.25) is 19.2 Å². The summed E-state index contributed by atoms with van der Waals surface area (Å²) in [6.07, 6.45) is -2.46. The minimum atomic E-state index is -1.34. The third-order valence-corrected chi connectivity index (χ3v) is 5.56. The lowest BCUT2D eigenvalue weighted by Crippen LogP contribution is -2.49. The number of cyclic esters (lactones) is 1. The van der Waals surface area contributed by atoms with Crippen molar-refractivity contribution in [2.24, 2.45) is 5.41 Å². The molecule has 0 spiro atoms. The number of quaternary nitrogens is 1. The van der Waals surface area contributed by atoms with Crippen molar-refractivity contribution in [1.29, 1.82) is 0 Å². The van der Waals surface area contributed by atoms with Gasteiger partial charge >= 0.3 is 12.1 Å². The molecule has 0 aliphatic carbocycles. The zero-order valence-electron chi connectivity index (χ0n) is 20.1. The molecule has 0 radical (unpaired) electrons. The fraction of sp³-hybridized carbons (Fsp3) is 0.762. The Morgan fingerprint density at radius 1 is 1.09 bits per heavy atom. The minimum Gasteiger partial charge on any atom is -0.465 e. The molecule has 188 valence electrons. The maximum atomic E-state index is 12.8. The molecule has 1 rings (SSSR count). The number of ether oxygens (including phenoxy) is 3. The molecule has 0 aromatic rings. The van der Waals surface area contributed by atoms with Gasteiger partial charge in [-0.15, -0.1) is 0 Å². The van der Waals surface area contributed by atoms with E-state index in [1.165, 1.54) is 0 Å². The second-order valence-electron chi connectivity index (χ2n) is 9.37. The average molecular weight is 491 g/mol. The molecule has 1 aliphatic heterocycles. The standard InChI is InChI=1S/C21H35N3O8S/c1-21(2)14-31-16(26)6-7-17(27)33-13-10-22-15(25)8-9-23-19(28)18(21)32-20(29)30-12-11-24(3,4)5/h18H,6-14H2,1-5H3,(H-,22,23,25,28)/p+1/t18-/m0/s1. The van der Waals surface area contributed by atoms with Gasteiger partial charge in [0.25, 0.3) is 5.91 Å². The van der Waals surface area contributed by atoms with Crippen LogP contribution in [0.3, 0.4) is 0 Å². The lowest BCUT2D eigenvalue weighted by atomic mass is 9.86. The van der Waals surface area contributed by atoms with Gasteiger partial charge in [0.05, 0.1) is 27.6 Å². The Balaban J connectivity index is 2.89. The summed E-state index contributed by atoms with van der Waals surface area (Å²) in [7, 11) is 5.81. The van der Waals surface area contributed by atoms with E-state index in [0.29, 0.717) is 16.8 Å². The normalized spacial score (nSPS) is 21.8. The average Bonchev–Trinajstić information content (AvgIpc) is 2.70. The second kappa shape index (κ2) is 13.4. The monoisotopic (exact) mass is 490 g/mol. The van der Waals surface area contributed by atoms with Crippen LogP contribution in [0.25, 0.3) is 0 Å². The van der Waals surface area contributed by atoms with Gasteiger partial charge in [-0.25, -0.2) is 4.79 Å². The van der Waals surface area contributed by atoms with Gasteiger partial charge in [-0.2, -0.15) is 0 Å². The Hall–Kier alpha value is -2.34. The number of nitrogens with zero attached hydrogens (tertiary/aromatic N) is 1. The molecule has 1 aliphatic rings. The molecule has 33 heavy (non-hydrogen) atoms. The summed E-state index contributed by atoms with van der Waals surface area (Å²) in [6.45, 7) is 3.92. The maximum Gasteiger partial charge on any atom is 0.509 e. The largest absolute Gasteiger partial charge is 0.509 e. The van der Waals surface area contributed by atoms with Gasteiger partial charge < -0.3 is 29.3 Å². The highest BCUT2D eigenvalue weighted by Crippen LogP contribution is 2.25. The number of amides is 2. The number of hydrogen-bond donors (Lipinski definition) is 2. The second-order valence-corrected chi connectivity index (χ2v) is 10.5. The molecule has 1 fully saturated rings. The number of nitrogens with one attached hydrogen (secondary N) is 2. The van der Waals surface area contributed by atoms with Gasteiger partial charge in [0.2, 0.25) is 5.91 Å². The fourth-order valence-electron chi connectivity index (χ4n) is 2.63. The number of carbonyl (C=O) groups is 5. The van der Waals surface area contributed by atoms with Crippen molar-refractivity contribution in [1.82, 2.24) is 10.6 Å². The Morgan fingerprint density at radius 2 is 1.79 bits per heavy atom. The van der Waals surface area contributed by atoms with Crippen molar-refractivity contribution in [3.8, 4) is 0 Å². The number of hydrogen-bond acceptors (Lipinski definition) is 9. The topological polar surface area (TPSA) is 137 Å². The first-order chi connectivity index (χ1) is 15.3. The van der Waals surface area contributed by atoms with Gasteiger partial charge in [-0.05, 0) is 0 Å². The molecule has 1 atom stereocenters. The van der Waals surface area contributed by atoms with Crippen LogP contribution in [0.2, 0.25) is 0 Å². The van der Waals surface area contributed by atoms with Gasteiger partial charge in [-0.1, -0.05) is 25.6 Å². The molecule has 0 bridgehead atoms. The lowest BCUT2D eigenvalue weighted by Gasteiger charge is -2.32. The number of likely N-dealkylation sites (N-methyl/N-ethyl adjacent to an activating group) is 1. The zero-order chi connectivity index (χ0) is 25.1. The first-order valence-corrected chi connectivity index (χ1v) is 11.8. The predicted molar refractivity (Wildman–Crippen MR) is 121 cm³/mol. The molecule has 0 aromatic carbocycles. The van der Waals surface area contributed by atoms with Crippen LogP contribution < -0.4 is 10.6 Å². The highest BCUT2D eigenvalue weighted by atomic mass is 32.2. The van der Waals surface area contributed by atoms with Crippen LogP contribution in [0.1, 0.15) is 33.1 Å². The Kier molecular flexibility index (Phi) is 11.6. The van der Waals surface area contributed by atoms with E-state index in [1.807, 2.05) is 21.1 Å². The predicted octanol–water partition coefficient (Wildman–Crippen LogP) is 0.460. The van der Waals surface area contributed by atoms with Crippen LogP contribution in [-0.2, 0) is 33.4 Å². The molecular weight excluding hydrogens is 454 g/mol. The molecule has 11 nitrogen and oxygen atoms in total. The van der Waals surface area contributed by atoms with Crippen molar-refractivity contribution in [2.75, 3.05) is 59.7 Å². The summed E-state index contributed by atoms with van der Waals surface area (Å²) in [5.74, 6) is -1.14. The molecule has 1 saturated heterocycles. The summed E-state index contributed by atoms with van der Waals surface area (Å²) < 4.78 is 16.2. The Morgan fingerprint density at radius 3 is 2.45 bits per heavy atom. The van der Waals surface area contributed by atoms with Crippen LogP contribution in [0.5, 0.6) is 0 Å². The van der Waals surface area contributed by atoms with Crippen LogP contribution in [0.4, 0.5) is 4.79 Å². The Labute approximate surface area is 198 Å². The Bertz CT molecular complexity index is 721. The molecule has 0 aromatic heterocycles. The molecule has 12 heteroatoms. The molecular formula is C21H36N3O8S+. The third-order valence-electron chi connectivity index (χ3n) is 4.62. The zero-order valence-corrected chi connectivity index (χ0v) is 20.9. The smallest absolute Gasteiger partial charge is 0.465 e. The van der Waals surface area contributed by atoms with Crippen molar-refractivity contribution < 1.29 is 42.7 Å². The van der Waals surface area contributed by atoms with Gasteiger partial charge in [0.1, 0.15) is 19.8 Å². The van der Waals surface area contributed by atoms with Crippen LogP contribution in [0, 0.1) is 5.41 Å². The van der Waals surface area contributed by atoms with E-state index in [2.05, 4.69) is 10.6 Å². The molecule has 0 unspecified atom stereocenters. The molecule has 1 heterocycles. The van der Waals surface area contributed by atoms with Crippen LogP contribution in [0.15, 0.2) is 0 Å².